The summed E-state index contributed by atoms with van der Waals surface area (Å²) < 4.78 is 5.21. The summed E-state index contributed by atoms with van der Waals surface area (Å²) in [6.45, 7) is 2.27. The summed E-state index contributed by atoms with van der Waals surface area (Å²) in [6.07, 6.45) is 2.27. The molecule has 16 heavy (non-hydrogen) atoms. The van der Waals surface area contributed by atoms with Crippen molar-refractivity contribution >= 4 is 12.0 Å². The van der Waals surface area contributed by atoms with Gasteiger partial charge in [-0.05, 0) is 30.4 Å². The number of anilines is 1. The van der Waals surface area contributed by atoms with E-state index in [2.05, 4.69) is 4.90 Å². The zero-order chi connectivity index (χ0) is 11.1. The number of piperidine rings is 1. The van der Waals surface area contributed by atoms with E-state index in [4.69, 9.17) is 4.74 Å². The Hall–Kier alpha value is -1.51. The van der Waals surface area contributed by atoms with E-state index in [-0.39, 0.29) is 0 Å². The highest BCUT2D eigenvalue weighted by Gasteiger charge is 2.45. The lowest BCUT2D eigenvalue weighted by molar-refractivity contribution is 0.112. The van der Waals surface area contributed by atoms with Gasteiger partial charge in [-0.2, -0.15) is 0 Å². The SMILES string of the molecule is COc1cc(C=O)cc(N2CC3CC3C2)c1. The molecule has 0 bridgehead atoms. The highest BCUT2D eigenvalue weighted by Crippen LogP contribution is 2.46. The van der Waals surface area contributed by atoms with Crippen LogP contribution in [0.4, 0.5) is 5.69 Å². The van der Waals surface area contributed by atoms with Crippen molar-refractivity contribution in [2.75, 3.05) is 25.1 Å². The third kappa shape index (κ3) is 1.56. The van der Waals surface area contributed by atoms with Crippen LogP contribution >= 0.6 is 0 Å². The Balaban J connectivity index is 1.90. The molecule has 0 spiro atoms. The number of ether oxygens (including phenoxy) is 1. The Morgan fingerprint density at radius 3 is 2.69 bits per heavy atom. The van der Waals surface area contributed by atoms with Crippen molar-refractivity contribution in [3.8, 4) is 5.75 Å². The molecule has 0 radical (unpaired) electrons. The number of fused-ring (bicyclic) bond motifs is 1. The number of methoxy groups -OCH3 is 1. The maximum Gasteiger partial charge on any atom is 0.150 e. The summed E-state index contributed by atoms with van der Waals surface area (Å²) in [7, 11) is 1.63. The average Bonchev–Trinajstić information content (AvgIpc) is 2.95. The van der Waals surface area contributed by atoms with Gasteiger partial charge in [-0.15, -0.1) is 0 Å². The lowest BCUT2D eigenvalue weighted by atomic mass is 10.2. The first kappa shape index (κ1) is 9.70. The van der Waals surface area contributed by atoms with Crippen LogP contribution in [0.1, 0.15) is 16.8 Å². The molecule has 3 nitrogen and oxygen atoms in total. The monoisotopic (exact) mass is 217 g/mol. The second-order valence-electron chi connectivity index (χ2n) is 4.74. The maximum atomic E-state index is 10.8. The fourth-order valence-corrected chi connectivity index (χ4v) is 2.58. The van der Waals surface area contributed by atoms with Crippen molar-refractivity contribution in [3.63, 3.8) is 0 Å². The first-order valence-electron chi connectivity index (χ1n) is 5.69. The third-order valence-electron chi connectivity index (χ3n) is 3.63. The highest BCUT2D eigenvalue weighted by atomic mass is 16.5. The lowest BCUT2D eigenvalue weighted by Crippen LogP contribution is -2.21. The Morgan fingerprint density at radius 1 is 1.31 bits per heavy atom. The Kier molecular flexibility index (Phi) is 2.13. The van der Waals surface area contributed by atoms with Crippen molar-refractivity contribution in [1.82, 2.24) is 0 Å². The van der Waals surface area contributed by atoms with Crippen LogP contribution in [0.25, 0.3) is 0 Å². The molecule has 1 aromatic carbocycles. The zero-order valence-electron chi connectivity index (χ0n) is 9.35. The summed E-state index contributed by atoms with van der Waals surface area (Å²) in [5, 5.41) is 0. The predicted molar refractivity (Wildman–Crippen MR) is 62.2 cm³/mol. The van der Waals surface area contributed by atoms with Crippen molar-refractivity contribution < 1.29 is 9.53 Å². The number of hydrogen-bond donors (Lipinski definition) is 0. The molecule has 1 heterocycles. The number of hydrogen-bond acceptors (Lipinski definition) is 3. The number of carbonyl (C=O) groups excluding carboxylic acids is 1. The van der Waals surface area contributed by atoms with E-state index in [1.165, 1.54) is 6.42 Å². The molecular formula is C13H15NO2. The van der Waals surface area contributed by atoms with E-state index in [1.807, 2.05) is 12.1 Å². The van der Waals surface area contributed by atoms with Crippen LogP contribution in [0.3, 0.4) is 0 Å². The van der Waals surface area contributed by atoms with Crippen LogP contribution < -0.4 is 9.64 Å². The van der Waals surface area contributed by atoms with E-state index in [1.54, 1.807) is 13.2 Å². The summed E-state index contributed by atoms with van der Waals surface area (Å²) in [6, 6.07) is 5.73. The molecular weight excluding hydrogens is 202 g/mol. The molecule has 1 saturated carbocycles. The van der Waals surface area contributed by atoms with Crippen LogP contribution in [-0.4, -0.2) is 26.5 Å². The van der Waals surface area contributed by atoms with Crippen LogP contribution in [0.15, 0.2) is 18.2 Å². The normalized spacial score (nSPS) is 26.4. The Morgan fingerprint density at radius 2 is 2.06 bits per heavy atom. The van der Waals surface area contributed by atoms with E-state index in [0.29, 0.717) is 5.56 Å². The molecule has 1 saturated heterocycles. The topological polar surface area (TPSA) is 29.5 Å². The van der Waals surface area contributed by atoms with Gasteiger partial charge in [0.15, 0.2) is 0 Å². The van der Waals surface area contributed by atoms with Gasteiger partial charge in [0.1, 0.15) is 12.0 Å². The minimum atomic E-state index is 0.690. The molecule has 1 aliphatic heterocycles. The van der Waals surface area contributed by atoms with E-state index in [9.17, 15) is 4.79 Å². The van der Waals surface area contributed by atoms with Crippen molar-refractivity contribution in [3.05, 3.63) is 23.8 Å². The number of rotatable bonds is 3. The summed E-state index contributed by atoms with van der Waals surface area (Å²) in [5.74, 6) is 2.55. The van der Waals surface area contributed by atoms with Crippen LogP contribution in [-0.2, 0) is 0 Å². The lowest BCUT2D eigenvalue weighted by Gasteiger charge is -2.21. The molecule has 0 N–H and O–H groups in total. The number of benzene rings is 1. The smallest absolute Gasteiger partial charge is 0.150 e. The zero-order valence-corrected chi connectivity index (χ0v) is 9.35. The molecule has 2 fully saturated rings. The van der Waals surface area contributed by atoms with Crippen LogP contribution in [0.2, 0.25) is 0 Å². The second-order valence-corrected chi connectivity index (χ2v) is 4.74. The Labute approximate surface area is 95.0 Å². The van der Waals surface area contributed by atoms with Gasteiger partial charge in [0.2, 0.25) is 0 Å². The molecule has 2 aliphatic rings. The van der Waals surface area contributed by atoms with Gasteiger partial charge in [0.05, 0.1) is 7.11 Å². The number of carbonyl (C=O) groups is 1. The third-order valence-corrected chi connectivity index (χ3v) is 3.63. The molecule has 2 unspecified atom stereocenters. The molecule has 0 amide bonds. The summed E-state index contributed by atoms with van der Waals surface area (Å²) >= 11 is 0. The minimum Gasteiger partial charge on any atom is -0.497 e. The molecule has 3 heteroatoms. The maximum absolute atomic E-state index is 10.8. The van der Waals surface area contributed by atoms with Crippen molar-refractivity contribution in [2.24, 2.45) is 11.8 Å². The summed E-state index contributed by atoms with van der Waals surface area (Å²) in [4.78, 5) is 13.2. The van der Waals surface area contributed by atoms with Gasteiger partial charge < -0.3 is 9.64 Å². The fourth-order valence-electron chi connectivity index (χ4n) is 2.58. The van der Waals surface area contributed by atoms with Crippen molar-refractivity contribution in [2.45, 2.75) is 6.42 Å². The molecule has 2 atom stereocenters. The molecule has 1 aliphatic carbocycles. The highest BCUT2D eigenvalue weighted by molar-refractivity contribution is 5.78. The van der Waals surface area contributed by atoms with Gasteiger partial charge in [-0.1, -0.05) is 0 Å². The van der Waals surface area contributed by atoms with E-state index >= 15 is 0 Å². The standard InChI is InChI=1S/C13H15NO2/c1-16-13-3-9(8-15)2-12(5-13)14-6-10-4-11(10)7-14/h2-3,5,8,10-11H,4,6-7H2,1H3. The van der Waals surface area contributed by atoms with Gasteiger partial charge >= 0.3 is 0 Å². The molecule has 1 aromatic rings. The number of aldehydes is 1. The van der Waals surface area contributed by atoms with Crippen molar-refractivity contribution in [1.29, 1.82) is 0 Å². The molecule has 3 rings (SSSR count). The first-order valence-corrected chi connectivity index (χ1v) is 5.69. The largest absolute Gasteiger partial charge is 0.497 e. The quantitative estimate of drug-likeness (QED) is 0.725. The summed E-state index contributed by atoms with van der Waals surface area (Å²) in [5.41, 5.74) is 1.81. The second kappa shape index (κ2) is 3.51. The van der Waals surface area contributed by atoms with Gasteiger partial charge in [0, 0.05) is 30.4 Å². The van der Waals surface area contributed by atoms with Gasteiger partial charge in [0.25, 0.3) is 0 Å². The van der Waals surface area contributed by atoms with Gasteiger partial charge in [-0.3, -0.25) is 4.79 Å². The fraction of sp³-hybridized carbons (Fsp3) is 0.462. The predicted octanol–water partition coefficient (Wildman–Crippen LogP) is 1.96. The minimum absolute atomic E-state index is 0.690. The van der Waals surface area contributed by atoms with E-state index < -0.39 is 0 Å². The molecule has 0 aromatic heterocycles. The number of nitrogens with zero attached hydrogens (tertiary/aromatic N) is 1. The molecule has 84 valence electrons. The van der Waals surface area contributed by atoms with Crippen LogP contribution in [0.5, 0.6) is 5.75 Å². The average molecular weight is 217 g/mol. The van der Waals surface area contributed by atoms with Crippen LogP contribution in [0, 0.1) is 11.8 Å². The van der Waals surface area contributed by atoms with Gasteiger partial charge in [-0.25, -0.2) is 0 Å². The van der Waals surface area contributed by atoms with E-state index in [0.717, 1.165) is 42.6 Å². The Bertz CT molecular complexity index is 420. The first-order chi connectivity index (χ1) is 7.80.